The topological polar surface area (TPSA) is 67.9 Å². The first-order chi connectivity index (χ1) is 17.4. The van der Waals surface area contributed by atoms with Crippen molar-refractivity contribution < 1.29 is 19.1 Å². The molecule has 0 aromatic heterocycles. The molecule has 0 radical (unpaired) electrons. The standard InChI is InChI=1S/C30H40N2O4/c1-5-24(6-2)13-12-22(3)18-19-35-27-16-14-25(15-17-27)20-28-29(33)32(23(4)31-28)21-36-30(34)26-10-8-7-9-11-26/h5,12-17,26,28,31H,3-4,6-11,18-21H2,1-2H3/b13-12-,24-5-. The maximum Gasteiger partial charge on any atom is 0.310 e. The number of carbonyl (C=O) groups excluding carboxylic acids is 2. The van der Waals surface area contributed by atoms with Crippen LogP contribution in [0.3, 0.4) is 0 Å². The third-order valence-corrected chi connectivity index (χ3v) is 6.87. The van der Waals surface area contributed by atoms with E-state index in [1.807, 2.05) is 37.3 Å². The minimum absolute atomic E-state index is 0.0455. The van der Waals surface area contributed by atoms with Crippen LogP contribution in [0.1, 0.15) is 64.4 Å². The summed E-state index contributed by atoms with van der Waals surface area (Å²) in [5.41, 5.74) is 3.32. The third kappa shape index (κ3) is 7.87. The van der Waals surface area contributed by atoms with E-state index in [1.165, 1.54) is 16.9 Å². The number of amides is 1. The smallest absolute Gasteiger partial charge is 0.310 e. The number of ether oxygens (including phenoxy) is 2. The minimum Gasteiger partial charge on any atom is -0.493 e. The summed E-state index contributed by atoms with van der Waals surface area (Å²) >= 11 is 0. The fourth-order valence-electron chi connectivity index (χ4n) is 4.51. The second-order valence-electron chi connectivity index (χ2n) is 9.49. The van der Waals surface area contributed by atoms with Gasteiger partial charge in [0.1, 0.15) is 17.6 Å². The highest BCUT2D eigenvalue weighted by Gasteiger charge is 2.35. The number of hydrogen-bond acceptors (Lipinski definition) is 5. The lowest BCUT2D eigenvalue weighted by Crippen LogP contribution is -2.34. The Bertz CT molecular complexity index is 987. The maximum absolute atomic E-state index is 12.9. The van der Waals surface area contributed by atoms with Gasteiger partial charge in [0.05, 0.1) is 12.5 Å². The van der Waals surface area contributed by atoms with Crippen LogP contribution in [-0.2, 0) is 20.7 Å². The Morgan fingerprint density at radius 2 is 1.89 bits per heavy atom. The van der Waals surface area contributed by atoms with Crippen LogP contribution in [0.25, 0.3) is 0 Å². The highest BCUT2D eigenvalue weighted by Crippen LogP contribution is 2.25. The van der Waals surface area contributed by atoms with E-state index in [1.54, 1.807) is 0 Å². The molecule has 1 N–H and O–H groups in total. The Morgan fingerprint density at radius 1 is 1.17 bits per heavy atom. The van der Waals surface area contributed by atoms with Crippen LogP contribution in [0, 0.1) is 5.92 Å². The molecule has 3 rings (SSSR count). The Balaban J connectivity index is 1.42. The predicted octanol–water partition coefficient (Wildman–Crippen LogP) is 5.82. The molecule has 36 heavy (non-hydrogen) atoms. The van der Waals surface area contributed by atoms with Gasteiger partial charge in [0.15, 0.2) is 6.73 Å². The molecule has 1 atom stereocenters. The molecule has 1 saturated heterocycles. The summed E-state index contributed by atoms with van der Waals surface area (Å²) < 4.78 is 11.3. The number of rotatable bonds is 12. The second-order valence-corrected chi connectivity index (χ2v) is 9.49. The molecule has 0 bridgehead atoms. The fourth-order valence-corrected chi connectivity index (χ4v) is 4.51. The molecule has 1 aromatic carbocycles. The Kier molecular flexibility index (Phi) is 10.4. The summed E-state index contributed by atoms with van der Waals surface area (Å²) in [6, 6.07) is 7.33. The van der Waals surface area contributed by atoms with Crippen LogP contribution >= 0.6 is 0 Å². The van der Waals surface area contributed by atoms with Crippen LogP contribution in [0.5, 0.6) is 5.75 Å². The van der Waals surface area contributed by atoms with Crippen molar-refractivity contribution in [3.63, 3.8) is 0 Å². The fraction of sp³-hybridized carbons (Fsp3) is 0.467. The number of allylic oxidation sites excluding steroid dienone is 4. The van der Waals surface area contributed by atoms with Gasteiger partial charge in [-0.15, -0.1) is 0 Å². The van der Waals surface area contributed by atoms with Gasteiger partial charge in [-0.25, -0.2) is 0 Å². The van der Waals surface area contributed by atoms with Crippen LogP contribution in [-0.4, -0.2) is 36.2 Å². The molecule has 194 valence electrons. The molecule has 2 fully saturated rings. The molecular formula is C30H40N2O4. The van der Waals surface area contributed by atoms with E-state index >= 15 is 0 Å². The summed E-state index contributed by atoms with van der Waals surface area (Å²) in [5, 5.41) is 3.13. The van der Waals surface area contributed by atoms with E-state index in [-0.39, 0.29) is 24.5 Å². The predicted molar refractivity (Wildman–Crippen MR) is 143 cm³/mol. The van der Waals surface area contributed by atoms with Gasteiger partial charge in [0, 0.05) is 12.8 Å². The molecule has 1 amide bonds. The Morgan fingerprint density at radius 3 is 2.56 bits per heavy atom. The van der Waals surface area contributed by atoms with Crippen LogP contribution < -0.4 is 10.1 Å². The first-order valence-electron chi connectivity index (χ1n) is 13.1. The number of esters is 1. The van der Waals surface area contributed by atoms with Gasteiger partial charge in [-0.05, 0) is 43.9 Å². The minimum atomic E-state index is -0.432. The molecular weight excluding hydrogens is 452 g/mol. The van der Waals surface area contributed by atoms with E-state index in [0.717, 1.165) is 55.4 Å². The van der Waals surface area contributed by atoms with E-state index < -0.39 is 6.04 Å². The quantitative estimate of drug-likeness (QED) is 0.294. The Hall–Kier alpha value is -3.28. The first kappa shape index (κ1) is 27.3. The molecule has 1 heterocycles. The van der Waals surface area contributed by atoms with E-state index in [4.69, 9.17) is 9.47 Å². The van der Waals surface area contributed by atoms with Gasteiger partial charge >= 0.3 is 5.97 Å². The molecule has 1 aliphatic heterocycles. The lowest BCUT2D eigenvalue weighted by molar-refractivity contribution is -0.155. The third-order valence-electron chi connectivity index (χ3n) is 6.87. The van der Waals surface area contributed by atoms with Crippen LogP contribution in [0.2, 0.25) is 0 Å². The number of benzene rings is 1. The number of carbonyl (C=O) groups is 2. The summed E-state index contributed by atoms with van der Waals surface area (Å²) in [4.78, 5) is 26.6. The first-order valence-corrected chi connectivity index (χ1v) is 13.1. The second kappa shape index (κ2) is 13.7. The molecule has 1 aromatic rings. The normalized spacial score (nSPS) is 19.0. The molecule has 6 heteroatoms. The van der Waals surface area contributed by atoms with Crippen molar-refractivity contribution in [1.29, 1.82) is 0 Å². The summed E-state index contributed by atoms with van der Waals surface area (Å²) in [5.74, 6) is 0.863. The zero-order chi connectivity index (χ0) is 25.9. The van der Waals surface area contributed by atoms with E-state index in [0.29, 0.717) is 18.8 Å². The lowest BCUT2D eigenvalue weighted by atomic mass is 9.89. The zero-order valence-corrected chi connectivity index (χ0v) is 21.8. The molecule has 2 aliphatic rings. The number of hydrogen-bond donors (Lipinski definition) is 1. The highest BCUT2D eigenvalue weighted by molar-refractivity contribution is 5.86. The largest absolute Gasteiger partial charge is 0.493 e. The summed E-state index contributed by atoms with van der Waals surface area (Å²) in [6.45, 7) is 12.7. The zero-order valence-electron chi connectivity index (χ0n) is 21.8. The molecule has 1 aliphatic carbocycles. The number of nitrogens with one attached hydrogen (secondary N) is 1. The molecule has 6 nitrogen and oxygen atoms in total. The van der Waals surface area contributed by atoms with Gasteiger partial charge in [0.25, 0.3) is 5.91 Å². The molecule has 1 unspecified atom stereocenters. The van der Waals surface area contributed by atoms with Gasteiger partial charge in [-0.2, -0.15) is 0 Å². The van der Waals surface area contributed by atoms with Gasteiger partial charge in [0.2, 0.25) is 0 Å². The van der Waals surface area contributed by atoms with Crippen molar-refractivity contribution in [1.82, 2.24) is 10.2 Å². The maximum atomic E-state index is 12.9. The summed E-state index contributed by atoms with van der Waals surface area (Å²) in [6.07, 6.45) is 13.6. The van der Waals surface area contributed by atoms with Crippen LogP contribution in [0.4, 0.5) is 0 Å². The van der Waals surface area contributed by atoms with E-state index in [2.05, 4.69) is 37.6 Å². The van der Waals surface area contributed by atoms with Crippen molar-refractivity contribution in [2.75, 3.05) is 13.3 Å². The molecule has 0 spiro atoms. The van der Waals surface area contributed by atoms with Crippen molar-refractivity contribution in [2.45, 2.75) is 71.3 Å². The van der Waals surface area contributed by atoms with Crippen molar-refractivity contribution in [3.8, 4) is 5.75 Å². The number of nitrogens with zero attached hydrogens (tertiary/aromatic N) is 1. The average Bonchev–Trinajstić information content (AvgIpc) is 3.16. The SMILES string of the molecule is C=C(/C=C\C(=C/C)CC)CCOc1ccc(CC2NC(=C)N(COC(=O)C3CCCCC3)C2=O)cc1. The molecule has 1 saturated carbocycles. The van der Waals surface area contributed by atoms with Crippen LogP contribution in [0.15, 0.2) is 72.6 Å². The average molecular weight is 493 g/mol. The summed E-state index contributed by atoms with van der Waals surface area (Å²) in [7, 11) is 0. The van der Waals surface area contributed by atoms with Crippen molar-refractivity contribution >= 4 is 11.9 Å². The van der Waals surface area contributed by atoms with Gasteiger partial charge in [-0.3, -0.25) is 14.5 Å². The van der Waals surface area contributed by atoms with Crippen molar-refractivity contribution in [2.24, 2.45) is 5.92 Å². The van der Waals surface area contributed by atoms with Gasteiger partial charge < -0.3 is 14.8 Å². The van der Waals surface area contributed by atoms with Crippen molar-refractivity contribution in [3.05, 3.63) is 78.2 Å². The Labute approximate surface area is 215 Å². The highest BCUT2D eigenvalue weighted by atomic mass is 16.5. The van der Waals surface area contributed by atoms with E-state index in [9.17, 15) is 9.59 Å². The monoisotopic (exact) mass is 492 g/mol. The van der Waals surface area contributed by atoms with Gasteiger partial charge in [-0.1, -0.05) is 80.9 Å². The lowest BCUT2D eigenvalue weighted by Gasteiger charge is -2.22.